The van der Waals surface area contributed by atoms with E-state index in [1.807, 2.05) is 0 Å². The van der Waals surface area contributed by atoms with Crippen LogP contribution >= 0.6 is 0 Å². The molecule has 116 valence electrons. The second kappa shape index (κ2) is 7.35. The molecule has 7 heteroatoms. The minimum atomic E-state index is -3.65. The summed E-state index contributed by atoms with van der Waals surface area (Å²) in [5.74, 6) is -1.09. The minimum Gasteiger partial charge on any atom is -0.478 e. The molecule has 0 aromatic heterocycles. The second-order valence-electron chi connectivity index (χ2n) is 4.57. The first-order chi connectivity index (χ1) is 9.78. The second-order valence-corrected chi connectivity index (χ2v) is 6.57. The van der Waals surface area contributed by atoms with Crippen molar-refractivity contribution in [1.82, 2.24) is 4.31 Å². The van der Waals surface area contributed by atoms with Gasteiger partial charge in [-0.25, -0.2) is 13.2 Å². The number of carboxylic acid groups (broad SMARTS) is 1. The first-order valence-corrected chi connectivity index (χ1v) is 7.71. The third kappa shape index (κ3) is 4.66. The van der Waals surface area contributed by atoms with Gasteiger partial charge in [0.1, 0.15) is 0 Å². The monoisotopic (exact) mass is 313 g/mol. The number of benzene rings is 1. The van der Waals surface area contributed by atoms with Crippen molar-refractivity contribution in [1.29, 1.82) is 0 Å². The molecule has 0 saturated heterocycles. The van der Waals surface area contributed by atoms with E-state index in [4.69, 9.17) is 9.84 Å². The topological polar surface area (TPSA) is 83.9 Å². The van der Waals surface area contributed by atoms with Gasteiger partial charge in [-0.05, 0) is 30.7 Å². The lowest BCUT2D eigenvalue weighted by atomic mass is 10.2. The Bertz CT molecular complexity index is 624. The van der Waals surface area contributed by atoms with Gasteiger partial charge in [0.15, 0.2) is 0 Å². The van der Waals surface area contributed by atoms with Crippen molar-refractivity contribution >= 4 is 22.1 Å². The molecule has 21 heavy (non-hydrogen) atoms. The minimum absolute atomic E-state index is 0.112. The summed E-state index contributed by atoms with van der Waals surface area (Å²) in [5.41, 5.74) is 0.506. The number of sulfonamides is 1. The number of methoxy groups -OCH3 is 1. The molecule has 0 spiro atoms. The molecule has 0 aliphatic rings. The van der Waals surface area contributed by atoms with E-state index in [0.29, 0.717) is 5.56 Å². The van der Waals surface area contributed by atoms with Crippen LogP contribution in [0.3, 0.4) is 0 Å². The molecule has 1 rings (SSSR count). The van der Waals surface area contributed by atoms with Gasteiger partial charge in [-0.2, -0.15) is 4.31 Å². The van der Waals surface area contributed by atoms with Crippen molar-refractivity contribution in [3.63, 3.8) is 0 Å². The Morgan fingerprint density at radius 1 is 1.48 bits per heavy atom. The number of likely N-dealkylation sites (N-methyl/N-ethyl adjacent to an activating group) is 1. The van der Waals surface area contributed by atoms with Gasteiger partial charge in [0.05, 0.1) is 11.5 Å². The largest absolute Gasteiger partial charge is 0.478 e. The molecule has 1 aromatic carbocycles. The number of ether oxygens (including phenoxy) is 1. The average Bonchev–Trinajstić information content (AvgIpc) is 2.44. The lowest BCUT2D eigenvalue weighted by Gasteiger charge is -2.23. The van der Waals surface area contributed by atoms with Crippen molar-refractivity contribution in [2.75, 3.05) is 20.8 Å². The van der Waals surface area contributed by atoms with Crippen LogP contribution in [0.25, 0.3) is 6.08 Å². The number of rotatable bonds is 7. The van der Waals surface area contributed by atoms with Crippen LogP contribution < -0.4 is 0 Å². The van der Waals surface area contributed by atoms with E-state index >= 15 is 0 Å². The van der Waals surface area contributed by atoms with Gasteiger partial charge in [0, 0.05) is 26.3 Å². The molecule has 0 aliphatic carbocycles. The highest BCUT2D eigenvalue weighted by Crippen LogP contribution is 2.18. The normalized spacial score (nSPS) is 13.7. The van der Waals surface area contributed by atoms with Crippen LogP contribution in [0.4, 0.5) is 0 Å². The first-order valence-electron chi connectivity index (χ1n) is 6.27. The highest BCUT2D eigenvalue weighted by Gasteiger charge is 2.25. The summed E-state index contributed by atoms with van der Waals surface area (Å²) < 4.78 is 31.1. The van der Waals surface area contributed by atoms with Crippen molar-refractivity contribution in [3.05, 3.63) is 35.9 Å². The van der Waals surface area contributed by atoms with Crippen LogP contribution in [-0.2, 0) is 19.6 Å². The van der Waals surface area contributed by atoms with E-state index in [2.05, 4.69) is 0 Å². The molecule has 0 radical (unpaired) electrons. The van der Waals surface area contributed by atoms with Gasteiger partial charge >= 0.3 is 5.97 Å². The smallest absolute Gasteiger partial charge is 0.328 e. The van der Waals surface area contributed by atoms with Crippen LogP contribution in [0, 0.1) is 0 Å². The van der Waals surface area contributed by atoms with Crippen molar-refractivity contribution in [2.24, 2.45) is 0 Å². The molecule has 0 aliphatic heterocycles. The van der Waals surface area contributed by atoms with E-state index in [-0.39, 0.29) is 17.5 Å². The zero-order valence-corrected chi connectivity index (χ0v) is 13.0. The quantitative estimate of drug-likeness (QED) is 0.770. The number of hydrogen-bond acceptors (Lipinski definition) is 4. The van der Waals surface area contributed by atoms with E-state index in [1.165, 1.54) is 36.7 Å². The Morgan fingerprint density at radius 3 is 2.71 bits per heavy atom. The molecule has 1 aromatic rings. The van der Waals surface area contributed by atoms with Gasteiger partial charge in [0.25, 0.3) is 0 Å². The number of carbonyl (C=O) groups is 1. The summed E-state index contributed by atoms with van der Waals surface area (Å²) in [6.07, 6.45) is 2.31. The third-order valence-electron chi connectivity index (χ3n) is 2.98. The standard InChI is InChI=1S/C14H19NO5S/c1-11(10-20-3)15(2)21(18,19)13-6-4-5-12(9-13)7-8-14(16)17/h4-9,11H,10H2,1-3H3,(H,16,17). The Labute approximate surface area is 124 Å². The highest BCUT2D eigenvalue weighted by molar-refractivity contribution is 7.89. The summed E-state index contributed by atoms with van der Waals surface area (Å²) in [7, 11) is -0.656. The van der Waals surface area contributed by atoms with Crippen LogP contribution in [-0.4, -0.2) is 50.6 Å². The summed E-state index contributed by atoms with van der Waals surface area (Å²) in [5, 5.41) is 8.60. The molecular formula is C14H19NO5S. The predicted octanol–water partition coefficient (Wildman–Crippen LogP) is 1.44. The zero-order chi connectivity index (χ0) is 16.0. The van der Waals surface area contributed by atoms with Crippen LogP contribution in [0.2, 0.25) is 0 Å². The number of aliphatic carboxylic acids is 1. The number of carboxylic acids is 1. The summed E-state index contributed by atoms with van der Waals surface area (Å²) in [6, 6.07) is 5.81. The Morgan fingerprint density at radius 2 is 2.14 bits per heavy atom. The molecule has 6 nitrogen and oxygen atoms in total. The number of nitrogens with zero attached hydrogens (tertiary/aromatic N) is 1. The van der Waals surface area contributed by atoms with E-state index in [0.717, 1.165) is 6.08 Å². The maximum absolute atomic E-state index is 12.5. The predicted molar refractivity (Wildman–Crippen MR) is 79.4 cm³/mol. The fraction of sp³-hybridized carbons (Fsp3) is 0.357. The lowest BCUT2D eigenvalue weighted by Crippen LogP contribution is -2.37. The SMILES string of the molecule is COCC(C)N(C)S(=O)(=O)c1cccc(C=CC(=O)O)c1. The van der Waals surface area contributed by atoms with Crippen LogP contribution in [0.15, 0.2) is 35.2 Å². The van der Waals surface area contributed by atoms with E-state index < -0.39 is 16.0 Å². The highest BCUT2D eigenvalue weighted by atomic mass is 32.2. The Kier molecular flexibility index (Phi) is 6.07. The van der Waals surface area contributed by atoms with Gasteiger partial charge in [-0.15, -0.1) is 0 Å². The number of hydrogen-bond donors (Lipinski definition) is 1. The maximum Gasteiger partial charge on any atom is 0.328 e. The lowest BCUT2D eigenvalue weighted by molar-refractivity contribution is -0.131. The van der Waals surface area contributed by atoms with Gasteiger partial charge in [-0.3, -0.25) is 0 Å². The third-order valence-corrected chi connectivity index (χ3v) is 4.95. The molecule has 1 atom stereocenters. The zero-order valence-electron chi connectivity index (χ0n) is 12.2. The summed E-state index contributed by atoms with van der Waals surface area (Å²) in [4.78, 5) is 10.6. The summed E-state index contributed by atoms with van der Waals surface area (Å²) >= 11 is 0. The van der Waals surface area contributed by atoms with Gasteiger partial charge in [0.2, 0.25) is 10.0 Å². The van der Waals surface area contributed by atoms with Crippen LogP contribution in [0.5, 0.6) is 0 Å². The molecule has 1 unspecified atom stereocenters. The first kappa shape index (κ1) is 17.4. The maximum atomic E-state index is 12.5. The summed E-state index contributed by atoms with van der Waals surface area (Å²) in [6.45, 7) is 2.03. The molecule has 1 N–H and O–H groups in total. The van der Waals surface area contributed by atoms with Gasteiger partial charge in [-0.1, -0.05) is 12.1 Å². The van der Waals surface area contributed by atoms with Crippen molar-refractivity contribution in [2.45, 2.75) is 17.9 Å². The van der Waals surface area contributed by atoms with Gasteiger partial charge < -0.3 is 9.84 Å². The van der Waals surface area contributed by atoms with Crippen molar-refractivity contribution < 1.29 is 23.1 Å². The fourth-order valence-corrected chi connectivity index (χ4v) is 3.10. The molecule has 0 bridgehead atoms. The molecular weight excluding hydrogens is 294 g/mol. The molecule has 0 saturated carbocycles. The van der Waals surface area contributed by atoms with Crippen LogP contribution in [0.1, 0.15) is 12.5 Å². The molecule has 0 heterocycles. The molecule has 0 fully saturated rings. The molecule has 0 amide bonds. The Hall–Kier alpha value is -1.70. The fourth-order valence-electron chi connectivity index (χ4n) is 1.70. The van der Waals surface area contributed by atoms with E-state index in [1.54, 1.807) is 19.1 Å². The Balaban J connectivity index is 3.09. The van der Waals surface area contributed by atoms with E-state index in [9.17, 15) is 13.2 Å². The average molecular weight is 313 g/mol. The van der Waals surface area contributed by atoms with Crippen molar-refractivity contribution in [3.8, 4) is 0 Å².